The predicted octanol–water partition coefficient (Wildman–Crippen LogP) is 6.91. The van der Waals surface area contributed by atoms with Crippen LogP contribution >= 0.6 is 0 Å². The third-order valence-electron chi connectivity index (χ3n) is 15.6. The topological polar surface area (TPSA) is 171 Å². The summed E-state index contributed by atoms with van der Waals surface area (Å²) in [7, 11) is 0. The van der Waals surface area contributed by atoms with Gasteiger partial charge in [-0.25, -0.2) is 9.78 Å². The molecule has 4 saturated heterocycles. The van der Waals surface area contributed by atoms with E-state index in [1.165, 1.54) is 25.7 Å². The molecule has 2 aromatic heterocycles. The smallest absolute Gasteiger partial charge is 0.328 e. The van der Waals surface area contributed by atoms with Gasteiger partial charge in [-0.3, -0.25) is 24.6 Å². The molecule has 15 nitrogen and oxygen atoms in total. The van der Waals surface area contributed by atoms with Crippen molar-refractivity contribution in [2.45, 2.75) is 91.5 Å². The van der Waals surface area contributed by atoms with Crippen LogP contribution in [0.4, 0.5) is 22.1 Å². The summed E-state index contributed by atoms with van der Waals surface area (Å²) in [6.07, 6.45) is 10.8. The summed E-state index contributed by atoms with van der Waals surface area (Å²) in [4.78, 5) is 67.1. The average molecular weight is 894 g/mol. The van der Waals surface area contributed by atoms with Crippen LogP contribution in [0.25, 0.3) is 10.8 Å². The fraction of sp³-hybridized carbons (Fsp3) is 0.529. The number of carbonyl (C=O) groups excluding carboxylic acids is 4. The number of pyridine rings is 1. The number of aryl methyl sites for hydroxylation is 2. The van der Waals surface area contributed by atoms with Crippen LogP contribution < -0.4 is 20.4 Å². The quantitative estimate of drug-likeness (QED) is 0.179. The zero-order chi connectivity index (χ0) is 46.1. The zero-order valence-corrected chi connectivity index (χ0v) is 38.9. The van der Waals surface area contributed by atoms with Crippen LogP contribution in [-0.2, 0) is 9.59 Å². The number of urea groups is 1. The number of imide groups is 1. The number of anilines is 3. The van der Waals surface area contributed by atoms with Gasteiger partial charge in [0.1, 0.15) is 5.82 Å². The number of carbonyl (C=O) groups is 4. The summed E-state index contributed by atoms with van der Waals surface area (Å²) >= 11 is 0. The second-order valence-corrected chi connectivity index (χ2v) is 19.6. The molecule has 0 bridgehead atoms. The van der Waals surface area contributed by atoms with Gasteiger partial charge in [0.2, 0.25) is 11.8 Å². The van der Waals surface area contributed by atoms with Crippen molar-refractivity contribution in [3.05, 3.63) is 82.2 Å². The van der Waals surface area contributed by atoms with Gasteiger partial charge in [0.05, 0.1) is 23.4 Å². The Morgan fingerprint density at radius 3 is 2.32 bits per heavy atom. The van der Waals surface area contributed by atoms with E-state index < -0.39 is 6.03 Å². The van der Waals surface area contributed by atoms with Crippen molar-refractivity contribution in [2.24, 2.45) is 17.3 Å². The SMILES string of the molecule is Cc1ccc(C(=O)N2CCC3(CCC(CN4CCC(C(=O)N5CCN(c6cc7c(N[C@H](C)c8cccc(C#N)c8C)nnc(C)c7cn6)CC5)CC4)CC3)CC2)cc1N1CCC(=O)NC1=O. The molecule has 346 valence electrons. The molecule has 2 N–H and O–H groups in total. The highest BCUT2D eigenvalue weighted by Crippen LogP contribution is 2.47. The van der Waals surface area contributed by atoms with Gasteiger partial charge in [-0.05, 0) is 144 Å². The molecule has 1 atom stereocenters. The van der Waals surface area contributed by atoms with Crippen LogP contribution in [0.5, 0.6) is 0 Å². The summed E-state index contributed by atoms with van der Waals surface area (Å²) in [6, 6.07) is 15.2. The van der Waals surface area contributed by atoms with E-state index in [0.717, 1.165) is 110 Å². The van der Waals surface area contributed by atoms with Crippen LogP contribution in [0.15, 0.2) is 48.7 Å². The number of rotatable bonds is 9. The molecule has 66 heavy (non-hydrogen) atoms. The van der Waals surface area contributed by atoms with Crippen LogP contribution in [0, 0.1) is 49.4 Å². The van der Waals surface area contributed by atoms with Crippen molar-refractivity contribution >= 4 is 51.8 Å². The molecule has 1 spiro atoms. The fourth-order valence-electron chi connectivity index (χ4n) is 11.3. The number of fused-ring (bicyclic) bond motifs is 1. The molecule has 5 fully saturated rings. The van der Waals surface area contributed by atoms with Crippen molar-refractivity contribution in [1.29, 1.82) is 5.26 Å². The van der Waals surface area contributed by atoms with E-state index in [1.807, 2.05) is 68.3 Å². The number of nitrogens with zero attached hydrogens (tertiary/aromatic N) is 9. The van der Waals surface area contributed by atoms with Crippen LogP contribution in [-0.4, -0.2) is 119 Å². The van der Waals surface area contributed by atoms with E-state index in [-0.39, 0.29) is 30.2 Å². The molecule has 0 radical (unpaired) electrons. The predicted molar refractivity (Wildman–Crippen MR) is 254 cm³/mol. The van der Waals surface area contributed by atoms with Gasteiger partial charge in [0, 0.05) is 92.9 Å². The normalized spacial score (nSPS) is 20.3. The van der Waals surface area contributed by atoms with E-state index in [4.69, 9.17) is 4.98 Å². The van der Waals surface area contributed by atoms with Crippen LogP contribution in [0.2, 0.25) is 0 Å². The lowest BCUT2D eigenvalue weighted by molar-refractivity contribution is -0.137. The van der Waals surface area contributed by atoms with Gasteiger partial charge in [-0.1, -0.05) is 18.2 Å². The number of benzene rings is 2. The number of hydrogen-bond donors (Lipinski definition) is 2. The number of nitrogens with one attached hydrogen (secondary N) is 2. The second-order valence-electron chi connectivity index (χ2n) is 19.6. The molecule has 1 saturated carbocycles. The first kappa shape index (κ1) is 45.0. The van der Waals surface area contributed by atoms with Gasteiger partial charge in [0.15, 0.2) is 5.82 Å². The van der Waals surface area contributed by atoms with Gasteiger partial charge in [-0.2, -0.15) is 10.4 Å². The Hall–Kier alpha value is -6.14. The highest BCUT2D eigenvalue weighted by atomic mass is 16.2. The Balaban J connectivity index is 0.715. The Labute approximate surface area is 387 Å². The third-order valence-corrected chi connectivity index (χ3v) is 15.6. The van der Waals surface area contributed by atoms with E-state index in [9.17, 15) is 24.4 Å². The first-order valence-electron chi connectivity index (χ1n) is 24.0. The molecule has 9 rings (SSSR count). The number of amides is 5. The molecule has 2 aromatic carbocycles. The maximum absolute atomic E-state index is 13.8. The average Bonchev–Trinajstić information content (AvgIpc) is 3.33. The van der Waals surface area contributed by atoms with Crippen molar-refractivity contribution in [1.82, 2.24) is 35.2 Å². The molecule has 0 unspecified atom stereocenters. The van der Waals surface area contributed by atoms with E-state index in [2.05, 4.69) is 54.6 Å². The number of nitriles is 1. The minimum Gasteiger partial charge on any atom is -0.362 e. The van der Waals surface area contributed by atoms with Crippen molar-refractivity contribution in [3.8, 4) is 6.07 Å². The summed E-state index contributed by atoms with van der Waals surface area (Å²) < 4.78 is 0. The minimum absolute atomic E-state index is 0.00674. The van der Waals surface area contributed by atoms with Gasteiger partial charge in [0.25, 0.3) is 5.91 Å². The summed E-state index contributed by atoms with van der Waals surface area (Å²) in [5, 5.41) is 26.4. The van der Waals surface area contributed by atoms with Crippen LogP contribution in [0.1, 0.15) is 109 Å². The molecular formula is C51H63N11O4. The number of piperazine rings is 1. The standard InChI is InChI=1S/C51H63N11O4/c1-33-8-9-39(28-44(33)62-21-14-46(63)55-50(62)66)49(65)60-22-17-51(18-23-60)15-10-37(11-16-51)32-58-19-12-38(13-20-58)48(64)61-26-24-59(25-27-61)45-29-42-43(31-53-45)36(4)56-57-47(42)54-35(3)41-7-5-6-40(30-52)34(41)2/h5-9,28-29,31,35,37-38H,10-27,32H2,1-4H3,(H,54,57)(H,55,63,66)/t35-/m1/s1. The molecular weight excluding hydrogens is 831 g/mol. The molecule has 15 heteroatoms. The number of aromatic nitrogens is 3. The van der Waals surface area contributed by atoms with Gasteiger partial charge >= 0.3 is 6.03 Å². The molecule has 1 aliphatic carbocycles. The summed E-state index contributed by atoms with van der Waals surface area (Å²) in [5.41, 5.74) is 5.92. The van der Waals surface area contributed by atoms with Crippen molar-refractivity contribution in [2.75, 3.05) is 80.6 Å². The van der Waals surface area contributed by atoms with Crippen molar-refractivity contribution in [3.63, 3.8) is 0 Å². The minimum atomic E-state index is -0.439. The third kappa shape index (κ3) is 9.30. The number of piperidine rings is 2. The molecule has 5 amide bonds. The first-order valence-corrected chi connectivity index (χ1v) is 24.0. The van der Waals surface area contributed by atoms with Crippen LogP contribution in [0.3, 0.4) is 0 Å². The first-order chi connectivity index (χ1) is 31.9. The van der Waals surface area contributed by atoms with E-state index >= 15 is 0 Å². The Kier molecular flexibility index (Phi) is 13.0. The Bertz CT molecular complexity index is 2540. The molecule has 4 aromatic rings. The lowest BCUT2D eigenvalue weighted by Gasteiger charge is -2.47. The largest absolute Gasteiger partial charge is 0.362 e. The maximum Gasteiger partial charge on any atom is 0.328 e. The molecule has 4 aliphatic heterocycles. The zero-order valence-electron chi connectivity index (χ0n) is 38.9. The van der Waals surface area contributed by atoms with Gasteiger partial charge < -0.3 is 24.9 Å². The summed E-state index contributed by atoms with van der Waals surface area (Å²) in [6.45, 7) is 15.5. The highest BCUT2D eigenvalue weighted by Gasteiger charge is 2.40. The molecule has 5 aliphatic rings. The monoisotopic (exact) mass is 894 g/mol. The second kappa shape index (κ2) is 19.0. The summed E-state index contributed by atoms with van der Waals surface area (Å²) in [5.74, 6) is 2.31. The Morgan fingerprint density at radius 2 is 1.61 bits per heavy atom. The number of likely N-dealkylation sites (tertiary alicyclic amines) is 2. The van der Waals surface area contributed by atoms with E-state index in [1.54, 1.807) is 4.90 Å². The lowest BCUT2D eigenvalue weighted by Crippen LogP contribution is -2.52. The van der Waals surface area contributed by atoms with Gasteiger partial charge in [-0.15, -0.1) is 5.10 Å². The fourth-order valence-corrected chi connectivity index (χ4v) is 11.3. The van der Waals surface area contributed by atoms with Crippen molar-refractivity contribution < 1.29 is 19.2 Å². The molecule has 6 heterocycles. The lowest BCUT2D eigenvalue weighted by atomic mass is 9.65. The number of hydrogen-bond acceptors (Lipinski definition) is 11. The Morgan fingerprint density at radius 1 is 0.864 bits per heavy atom. The highest BCUT2D eigenvalue weighted by molar-refractivity contribution is 6.06. The van der Waals surface area contributed by atoms with E-state index in [0.29, 0.717) is 59.5 Å². The maximum atomic E-state index is 13.8.